The van der Waals surface area contributed by atoms with Crippen molar-refractivity contribution in [2.45, 2.75) is 174 Å². The van der Waals surface area contributed by atoms with E-state index in [0.717, 1.165) is 125 Å². The van der Waals surface area contributed by atoms with Gasteiger partial charge in [-0.1, -0.05) is 222 Å². The maximum absolute atomic E-state index is 6.76. The Hall–Kier alpha value is -6.56. The number of rotatable bonds is 12. The maximum Gasteiger partial charge on any atom is 0.147 e. The van der Waals surface area contributed by atoms with Crippen LogP contribution >= 0.6 is 0 Å². The van der Waals surface area contributed by atoms with Crippen LogP contribution in [-0.4, -0.2) is 55.6 Å². The van der Waals surface area contributed by atoms with E-state index in [4.69, 9.17) is 37.9 Å². The molecule has 0 amide bonds. The molecule has 8 heteroatoms. The molecule has 8 nitrogen and oxygen atoms in total. The van der Waals surface area contributed by atoms with Gasteiger partial charge in [0.25, 0.3) is 0 Å². The summed E-state index contributed by atoms with van der Waals surface area (Å²) in [5, 5.41) is 0. The van der Waals surface area contributed by atoms with E-state index in [-0.39, 0.29) is 48.8 Å². The van der Waals surface area contributed by atoms with Gasteiger partial charge in [0.1, 0.15) is 27.2 Å². The fraction of sp³-hybridized carbons (Fsp3) is 0.429. The standard InChI is InChI=1S/C84H96O8/c1-77-41-43-78(2,44-42-77)70-27-11-63(12-28-70)65-17-33-73(34-18-65)81(89-57-85-5)49-47-80(4,48-50-81)72-31-15-64(16-32-72)66-21-37-75(38-22-66)83(91-59-87-7)53-55-84(56-54-83,92-60-88-8)76-39-23-68(24-40-76)67-19-35-74(36-20-67)82(90-58-86-6)51-45-79(3,46-52-82)71-29-13-62(14-30-71)61-9-25-69(77)26-10-61/h9-40H,41-60H2,1-8H3. The fourth-order valence-electron chi connectivity index (χ4n) is 16.9. The van der Waals surface area contributed by atoms with Crippen molar-refractivity contribution in [2.24, 2.45) is 0 Å². The highest BCUT2D eigenvalue weighted by Crippen LogP contribution is 2.54. The second kappa shape index (κ2) is 26.3. The van der Waals surface area contributed by atoms with Crippen LogP contribution < -0.4 is 0 Å². The van der Waals surface area contributed by atoms with Gasteiger partial charge in [-0.15, -0.1) is 0 Å². The Morgan fingerprint density at radius 3 is 0.478 bits per heavy atom. The largest absolute Gasteiger partial charge is 0.359 e. The number of ether oxygens (including phenoxy) is 8. The van der Waals surface area contributed by atoms with Gasteiger partial charge in [-0.3, -0.25) is 0 Å². The average molecular weight is 1230 g/mol. The highest BCUT2D eigenvalue weighted by atomic mass is 16.7. The summed E-state index contributed by atoms with van der Waals surface area (Å²) in [6, 6.07) is 74.0. The monoisotopic (exact) mass is 1230 g/mol. The number of hydrogen-bond donors (Lipinski definition) is 0. The predicted octanol–water partition coefficient (Wildman–Crippen LogP) is 20.1. The zero-order valence-corrected chi connectivity index (χ0v) is 55.9. The van der Waals surface area contributed by atoms with Crippen molar-refractivity contribution in [3.63, 3.8) is 0 Å². The van der Waals surface area contributed by atoms with Crippen molar-refractivity contribution < 1.29 is 37.9 Å². The molecule has 92 heavy (non-hydrogen) atoms. The van der Waals surface area contributed by atoms with Crippen molar-refractivity contribution in [3.8, 4) is 44.5 Å². The average Bonchev–Trinajstić information content (AvgIpc) is 0.973. The third kappa shape index (κ3) is 12.4. The fourth-order valence-corrected chi connectivity index (χ4v) is 16.9. The molecule has 0 atom stereocenters. The van der Waals surface area contributed by atoms with Crippen LogP contribution in [0, 0.1) is 0 Å². The van der Waals surface area contributed by atoms with Gasteiger partial charge < -0.3 is 37.9 Å². The van der Waals surface area contributed by atoms with Gasteiger partial charge in [-0.05, 0) is 213 Å². The molecule has 23 aliphatic carbocycles. The van der Waals surface area contributed by atoms with E-state index in [0.29, 0.717) is 0 Å². The van der Waals surface area contributed by atoms with Gasteiger partial charge in [-0.25, -0.2) is 0 Å². The quantitative estimate of drug-likeness (QED) is 0.112. The zero-order valence-electron chi connectivity index (χ0n) is 55.9. The first-order valence-corrected chi connectivity index (χ1v) is 34.0. The Morgan fingerprint density at radius 2 is 0.326 bits per heavy atom. The summed E-state index contributed by atoms with van der Waals surface area (Å²) >= 11 is 0. The van der Waals surface area contributed by atoms with Crippen LogP contribution in [0.25, 0.3) is 44.5 Å². The summed E-state index contributed by atoms with van der Waals surface area (Å²) in [7, 11) is 6.85. The van der Waals surface area contributed by atoms with Crippen LogP contribution in [0.3, 0.4) is 0 Å². The molecule has 0 spiro atoms. The molecule has 0 aliphatic heterocycles. The van der Waals surface area contributed by atoms with Crippen molar-refractivity contribution in [2.75, 3.05) is 55.6 Å². The van der Waals surface area contributed by atoms with Gasteiger partial charge in [0.15, 0.2) is 0 Å². The molecule has 8 aromatic rings. The molecular weight excluding hydrogens is 1140 g/mol. The van der Waals surface area contributed by atoms with E-state index in [1.54, 1.807) is 28.4 Å². The van der Waals surface area contributed by atoms with Gasteiger partial charge >= 0.3 is 0 Å². The van der Waals surface area contributed by atoms with Crippen molar-refractivity contribution in [3.05, 3.63) is 239 Å². The van der Waals surface area contributed by atoms with Crippen LogP contribution in [-0.2, 0) is 82.0 Å². The minimum absolute atomic E-state index is 0.00679. The molecule has 0 radical (unpaired) electrons. The zero-order chi connectivity index (χ0) is 63.7. The lowest BCUT2D eigenvalue weighted by Gasteiger charge is -2.46. The Balaban J connectivity index is 0.784. The number of methoxy groups -OCH3 is 4. The highest BCUT2D eigenvalue weighted by molar-refractivity contribution is 5.68. The van der Waals surface area contributed by atoms with E-state index in [9.17, 15) is 0 Å². The normalized spacial score (nSPS) is 28.6. The van der Waals surface area contributed by atoms with Gasteiger partial charge in [0, 0.05) is 28.4 Å². The van der Waals surface area contributed by atoms with Crippen LogP contribution in [0.5, 0.6) is 0 Å². The molecule has 0 heterocycles. The first-order valence-electron chi connectivity index (χ1n) is 34.0. The van der Waals surface area contributed by atoms with E-state index >= 15 is 0 Å². The minimum Gasteiger partial charge on any atom is -0.359 e. The molecule has 4 fully saturated rings. The van der Waals surface area contributed by atoms with E-state index in [2.05, 4.69) is 222 Å². The smallest absolute Gasteiger partial charge is 0.147 e. The van der Waals surface area contributed by atoms with Crippen LogP contribution in [0.4, 0.5) is 0 Å². The van der Waals surface area contributed by atoms with Gasteiger partial charge in [0.2, 0.25) is 0 Å². The molecule has 31 rings (SSSR count). The minimum atomic E-state index is -0.553. The SMILES string of the molecule is COCOC12CCC(C)(CC1)c1ccc(cc1)-c1ccc(cc1)C1(OCOC)CCC(OCOC)(CC1)c1ccc(cc1)-c1ccc(cc1)C1(OCOC)CCC(C)(CC1)c1ccc(cc1)-c1ccc(cc1)C1(C)CCC(C)(CC1)c1ccc(cc1)-c1ccc2cc1. The summed E-state index contributed by atoms with van der Waals surface area (Å²) in [4.78, 5) is 0. The van der Waals surface area contributed by atoms with E-state index in [1.165, 1.54) is 66.8 Å². The number of benzene rings is 8. The lowest BCUT2D eigenvalue weighted by molar-refractivity contribution is -0.203. The molecule has 4 saturated carbocycles. The topological polar surface area (TPSA) is 73.8 Å². The lowest BCUT2D eigenvalue weighted by atomic mass is 9.60. The molecule has 480 valence electrons. The molecule has 0 N–H and O–H groups in total. The van der Waals surface area contributed by atoms with Crippen molar-refractivity contribution in [1.82, 2.24) is 0 Å². The van der Waals surface area contributed by atoms with Crippen molar-refractivity contribution >= 4 is 0 Å². The first-order chi connectivity index (χ1) is 44.6. The molecule has 0 aromatic heterocycles. The van der Waals surface area contributed by atoms with Gasteiger partial charge in [-0.2, -0.15) is 0 Å². The molecule has 24 bridgehead atoms. The van der Waals surface area contributed by atoms with Crippen LogP contribution in [0.1, 0.15) is 175 Å². The van der Waals surface area contributed by atoms with E-state index < -0.39 is 22.4 Å². The Kier molecular flexibility index (Phi) is 18.4. The maximum atomic E-state index is 6.76. The molecule has 0 saturated heterocycles. The molecular formula is C84H96O8. The summed E-state index contributed by atoms with van der Waals surface area (Å²) in [5.74, 6) is 0. The summed E-state index contributed by atoms with van der Waals surface area (Å²) in [6.07, 6.45) is 15.3. The third-order valence-corrected chi connectivity index (χ3v) is 23.8. The number of hydrogen-bond acceptors (Lipinski definition) is 8. The Labute approximate surface area is 548 Å². The second-order valence-electron chi connectivity index (χ2n) is 29.0. The summed E-state index contributed by atoms with van der Waals surface area (Å²) in [5.41, 5.74) is 18.4. The lowest BCUT2D eigenvalue weighted by Crippen LogP contribution is -2.43. The Morgan fingerprint density at radius 1 is 0.196 bits per heavy atom. The second-order valence-corrected chi connectivity index (χ2v) is 29.0. The van der Waals surface area contributed by atoms with E-state index in [1.807, 2.05) is 0 Å². The summed E-state index contributed by atoms with van der Waals surface area (Å²) < 4.78 is 49.4. The predicted molar refractivity (Wildman–Crippen MR) is 369 cm³/mol. The van der Waals surface area contributed by atoms with Crippen LogP contribution in [0.2, 0.25) is 0 Å². The molecule has 0 unspecified atom stereocenters. The summed E-state index contributed by atoms with van der Waals surface area (Å²) in [6.45, 7) is 10.8. The molecule has 8 aromatic carbocycles. The third-order valence-electron chi connectivity index (χ3n) is 23.8. The van der Waals surface area contributed by atoms with Crippen molar-refractivity contribution in [1.29, 1.82) is 0 Å². The van der Waals surface area contributed by atoms with Gasteiger partial charge in [0.05, 0.1) is 22.4 Å². The first kappa shape index (κ1) is 64.2. The van der Waals surface area contributed by atoms with Crippen LogP contribution in [0.15, 0.2) is 194 Å². The molecule has 23 aliphatic rings. The Bertz CT molecular complexity index is 3710. The highest BCUT2D eigenvalue weighted by Gasteiger charge is 2.48.